The van der Waals surface area contributed by atoms with E-state index >= 15 is 0 Å². The first-order valence-corrected chi connectivity index (χ1v) is 8.55. The number of carbonyl (C=O) groups is 1. The first-order chi connectivity index (χ1) is 11.3. The first kappa shape index (κ1) is 20.0. The molecule has 0 saturated heterocycles. The third kappa shape index (κ3) is 6.60. The summed E-state index contributed by atoms with van der Waals surface area (Å²) < 4.78 is 0. The van der Waals surface area contributed by atoms with Crippen LogP contribution < -0.4 is 10.6 Å². The largest absolute Gasteiger partial charge is 0.354 e. The van der Waals surface area contributed by atoms with Crippen LogP contribution in [0.25, 0.3) is 0 Å². The van der Waals surface area contributed by atoms with Crippen molar-refractivity contribution in [1.29, 1.82) is 0 Å². The van der Waals surface area contributed by atoms with Crippen molar-refractivity contribution in [2.45, 2.75) is 40.7 Å². The van der Waals surface area contributed by atoms with Gasteiger partial charge in [-0.25, -0.2) is 0 Å². The van der Waals surface area contributed by atoms with Crippen LogP contribution in [-0.4, -0.2) is 44.0 Å². The third-order valence-electron chi connectivity index (χ3n) is 3.80. The van der Waals surface area contributed by atoms with E-state index < -0.39 is 0 Å². The lowest BCUT2D eigenvalue weighted by atomic mass is 9.96. The van der Waals surface area contributed by atoms with Gasteiger partial charge in [0.05, 0.1) is 0 Å². The second-order valence-corrected chi connectivity index (χ2v) is 7.01. The van der Waals surface area contributed by atoms with Gasteiger partial charge in [-0.2, -0.15) is 0 Å². The molecule has 24 heavy (non-hydrogen) atoms. The molecule has 0 spiro atoms. The van der Waals surface area contributed by atoms with Gasteiger partial charge in [0.2, 0.25) is 5.91 Å². The van der Waals surface area contributed by atoms with E-state index in [0.29, 0.717) is 13.1 Å². The molecule has 5 heteroatoms. The van der Waals surface area contributed by atoms with Crippen molar-refractivity contribution in [3.05, 3.63) is 35.4 Å². The minimum atomic E-state index is -0.358. The summed E-state index contributed by atoms with van der Waals surface area (Å²) in [6.45, 7) is 9.90. The highest BCUT2D eigenvalue weighted by atomic mass is 16.2. The van der Waals surface area contributed by atoms with Crippen molar-refractivity contribution in [3.8, 4) is 0 Å². The summed E-state index contributed by atoms with van der Waals surface area (Å²) in [6.07, 6.45) is 1.06. The minimum Gasteiger partial charge on any atom is -0.354 e. The van der Waals surface area contributed by atoms with E-state index in [-0.39, 0.29) is 11.3 Å². The van der Waals surface area contributed by atoms with Crippen molar-refractivity contribution in [2.75, 3.05) is 27.2 Å². The lowest BCUT2D eigenvalue weighted by Gasteiger charge is -2.23. The van der Waals surface area contributed by atoms with Gasteiger partial charge in [-0.1, -0.05) is 52.0 Å². The molecule has 0 saturated carbocycles. The molecule has 1 aromatic rings. The number of amides is 1. The zero-order valence-electron chi connectivity index (χ0n) is 15.9. The summed E-state index contributed by atoms with van der Waals surface area (Å²) in [5, 5.41) is 6.21. The van der Waals surface area contributed by atoms with Gasteiger partial charge in [0.25, 0.3) is 0 Å². The smallest absolute Gasteiger partial charge is 0.225 e. The zero-order chi connectivity index (χ0) is 18.2. The average Bonchev–Trinajstić information content (AvgIpc) is 2.54. The third-order valence-corrected chi connectivity index (χ3v) is 3.80. The molecule has 0 bridgehead atoms. The number of benzene rings is 1. The number of carbonyl (C=O) groups excluding carboxylic acids is 1. The predicted octanol–water partition coefficient (Wildman–Crippen LogP) is 2.42. The van der Waals surface area contributed by atoms with Crippen LogP contribution in [-0.2, 0) is 17.8 Å². The standard InChI is InChI=1S/C19H32N4O/c1-7-15-8-10-16(11-9-15)14-23(6)18(20-5)22-13-12-21-17(24)19(2,3)4/h8-11H,7,12-14H2,1-6H3,(H,20,22)(H,21,24). The summed E-state index contributed by atoms with van der Waals surface area (Å²) in [5.41, 5.74) is 2.24. The molecular formula is C19H32N4O. The van der Waals surface area contributed by atoms with Gasteiger partial charge in [-0.05, 0) is 17.5 Å². The number of nitrogens with one attached hydrogen (secondary N) is 2. The molecule has 0 heterocycles. The summed E-state index contributed by atoms with van der Waals surface area (Å²) in [4.78, 5) is 18.2. The monoisotopic (exact) mass is 332 g/mol. The van der Waals surface area contributed by atoms with Crippen LogP contribution in [0.4, 0.5) is 0 Å². The van der Waals surface area contributed by atoms with Gasteiger partial charge in [-0.3, -0.25) is 9.79 Å². The number of aryl methyl sites for hydroxylation is 1. The molecule has 5 nitrogen and oxygen atoms in total. The number of nitrogens with zero attached hydrogens (tertiary/aromatic N) is 2. The van der Waals surface area contributed by atoms with Crippen LogP contribution in [0.2, 0.25) is 0 Å². The lowest BCUT2D eigenvalue weighted by molar-refractivity contribution is -0.128. The van der Waals surface area contributed by atoms with Crippen LogP contribution in [0.3, 0.4) is 0 Å². The van der Waals surface area contributed by atoms with E-state index in [1.807, 2.05) is 27.8 Å². The highest BCUT2D eigenvalue weighted by Gasteiger charge is 2.20. The molecule has 1 amide bonds. The zero-order valence-corrected chi connectivity index (χ0v) is 15.9. The molecule has 1 aromatic carbocycles. The van der Waals surface area contributed by atoms with Crippen LogP contribution in [0.1, 0.15) is 38.8 Å². The van der Waals surface area contributed by atoms with Crippen LogP contribution in [0.15, 0.2) is 29.3 Å². The molecule has 0 aliphatic heterocycles. The van der Waals surface area contributed by atoms with Gasteiger partial charge in [0, 0.05) is 39.1 Å². The van der Waals surface area contributed by atoms with Gasteiger partial charge in [-0.15, -0.1) is 0 Å². The molecule has 0 fully saturated rings. The Balaban J connectivity index is 2.43. The van der Waals surface area contributed by atoms with E-state index in [1.54, 1.807) is 7.05 Å². The van der Waals surface area contributed by atoms with Gasteiger partial charge in [0.1, 0.15) is 0 Å². The van der Waals surface area contributed by atoms with Crippen molar-refractivity contribution in [2.24, 2.45) is 10.4 Å². The van der Waals surface area contributed by atoms with Crippen molar-refractivity contribution >= 4 is 11.9 Å². The number of hydrogen-bond acceptors (Lipinski definition) is 2. The van der Waals surface area contributed by atoms with Crippen molar-refractivity contribution < 1.29 is 4.79 Å². The Labute approximate surface area is 146 Å². The summed E-state index contributed by atoms with van der Waals surface area (Å²) in [5.74, 6) is 0.878. The van der Waals surface area contributed by atoms with E-state index in [9.17, 15) is 4.79 Å². The Bertz CT molecular complexity index is 543. The van der Waals surface area contributed by atoms with E-state index in [4.69, 9.17) is 0 Å². The van der Waals surface area contributed by atoms with Crippen LogP contribution in [0, 0.1) is 5.41 Å². The fourth-order valence-corrected chi connectivity index (χ4v) is 2.23. The molecule has 2 N–H and O–H groups in total. The summed E-state index contributed by atoms with van der Waals surface area (Å²) in [7, 11) is 3.78. The molecule has 0 atom stereocenters. The Morgan fingerprint density at radius 2 is 1.62 bits per heavy atom. The highest BCUT2D eigenvalue weighted by Crippen LogP contribution is 2.11. The fraction of sp³-hybridized carbons (Fsp3) is 0.579. The Hall–Kier alpha value is -2.04. The van der Waals surface area contributed by atoms with E-state index in [0.717, 1.165) is 18.9 Å². The topological polar surface area (TPSA) is 56.7 Å². The number of rotatable bonds is 6. The minimum absolute atomic E-state index is 0.0589. The SMILES string of the molecule is CCc1ccc(CN(C)C(=NC)NCCNC(=O)C(C)(C)C)cc1. The van der Waals surface area contributed by atoms with Gasteiger partial charge in [0.15, 0.2) is 5.96 Å². The number of hydrogen-bond donors (Lipinski definition) is 2. The maximum absolute atomic E-state index is 11.8. The van der Waals surface area contributed by atoms with E-state index in [1.165, 1.54) is 11.1 Å². The Morgan fingerprint density at radius 1 is 1.08 bits per heavy atom. The lowest BCUT2D eigenvalue weighted by Crippen LogP contribution is -2.43. The van der Waals surface area contributed by atoms with Crippen molar-refractivity contribution in [1.82, 2.24) is 15.5 Å². The van der Waals surface area contributed by atoms with Crippen molar-refractivity contribution in [3.63, 3.8) is 0 Å². The average molecular weight is 332 g/mol. The number of guanidine groups is 1. The fourth-order valence-electron chi connectivity index (χ4n) is 2.23. The first-order valence-electron chi connectivity index (χ1n) is 8.55. The molecule has 134 valence electrons. The molecule has 1 rings (SSSR count). The maximum Gasteiger partial charge on any atom is 0.225 e. The Morgan fingerprint density at radius 3 is 2.12 bits per heavy atom. The predicted molar refractivity (Wildman–Crippen MR) is 101 cm³/mol. The van der Waals surface area contributed by atoms with Gasteiger partial charge >= 0.3 is 0 Å². The van der Waals surface area contributed by atoms with Crippen LogP contribution >= 0.6 is 0 Å². The quantitative estimate of drug-likeness (QED) is 0.478. The van der Waals surface area contributed by atoms with E-state index in [2.05, 4.69) is 51.7 Å². The molecule has 0 radical (unpaired) electrons. The normalized spacial score (nSPS) is 12.0. The molecule has 0 aliphatic carbocycles. The molecule has 0 aliphatic rings. The molecular weight excluding hydrogens is 300 g/mol. The summed E-state index contributed by atoms with van der Waals surface area (Å²) >= 11 is 0. The maximum atomic E-state index is 11.8. The van der Waals surface area contributed by atoms with Crippen LogP contribution in [0.5, 0.6) is 0 Å². The molecule has 0 aromatic heterocycles. The molecule has 0 unspecified atom stereocenters. The summed E-state index contributed by atoms with van der Waals surface area (Å²) in [6, 6.07) is 8.65. The highest BCUT2D eigenvalue weighted by molar-refractivity contribution is 5.81. The number of aliphatic imine (C=N–C) groups is 1. The second kappa shape index (κ2) is 9.30. The Kier molecular flexibility index (Phi) is 7.75. The second-order valence-electron chi connectivity index (χ2n) is 7.01. The van der Waals surface area contributed by atoms with Gasteiger partial charge < -0.3 is 15.5 Å².